The molecule has 1 N–H and O–H groups in total. The first kappa shape index (κ1) is 13.3. The van der Waals surface area contributed by atoms with E-state index in [1.807, 2.05) is 20.8 Å². The first-order chi connectivity index (χ1) is 7.15. The molecule has 0 aromatic heterocycles. The van der Waals surface area contributed by atoms with Crippen molar-refractivity contribution in [2.24, 2.45) is 0 Å². The summed E-state index contributed by atoms with van der Waals surface area (Å²) in [6.45, 7) is 7.69. The van der Waals surface area contributed by atoms with Crippen LogP contribution in [-0.4, -0.2) is 53.6 Å². The maximum Gasteiger partial charge on any atom is 0.410 e. The fraction of sp³-hybridized carbons (Fsp3) is 0.909. The number of amides is 1. The molecule has 5 nitrogen and oxygen atoms in total. The summed E-state index contributed by atoms with van der Waals surface area (Å²) in [5.74, 6) is 0. The lowest BCUT2D eigenvalue weighted by molar-refractivity contribution is -0.0476. The predicted octanol–water partition coefficient (Wildman–Crippen LogP) is 1.00. The van der Waals surface area contributed by atoms with Crippen molar-refractivity contribution in [3.63, 3.8) is 0 Å². The lowest BCUT2D eigenvalue weighted by atomic mass is 10.0. The molecule has 1 saturated heterocycles. The van der Waals surface area contributed by atoms with E-state index in [1.165, 1.54) is 12.0 Å². The lowest BCUT2D eigenvalue weighted by Crippen LogP contribution is -2.40. The van der Waals surface area contributed by atoms with Crippen LogP contribution in [0.25, 0.3) is 0 Å². The molecule has 1 rings (SSSR count). The highest BCUT2D eigenvalue weighted by atomic mass is 16.6. The fourth-order valence-electron chi connectivity index (χ4n) is 1.74. The van der Waals surface area contributed by atoms with Crippen LogP contribution in [0.2, 0.25) is 0 Å². The van der Waals surface area contributed by atoms with Gasteiger partial charge in [-0.1, -0.05) is 0 Å². The van der Waals surface area contributed by atoms with Crippen molar-refractivity contribution in [3.8, 4) is 0 Å². The third-order valence-electron chi connectivity index (χ3n) is 2.53. The number of nitrogens with zero attached hydrogens (tertiary/aromatic N) is 1. The Morgan fingerprint density at radius 3 is 2.44 bits per heavy atom. The summed E-state index contributed by atoms with van der Waals surface area (Å²) in [7, 11) is 1.53. The van der Waals surface area contributed by atoms with Crippen LogP contribution in [0.4, 0.5) is 4.79 Å². The van der Waals surface area contributed by atoms with Gasteiger partial charge in [0.05, 0.1) is 13.1 Å². The van der Waals surface area contributed by atoms with E-state index in [-0.39, 0.29) is 12.6 Å². The quantitative estimate of drug-likeness (QED) is 0.731. The molecule has 2 unspecified atom stereocenters. The zero-order valence-corrected chi connectivity index (χ0v) is 10.6. The number of β-amino-alcohol motifs (C(OH)–C–C–N with tert-alkyl or cyclic N) is 1. The summed E-state index contributed by atoms with van der Waals surface area (Å²) in [5.41, 5.74) is -1.53. The van der Waals surface area contributed by atoms with Gasteiger partial charge in [-0.25, -0.2) is 4.79 Å². The number of rotatable bonds is 1. The number of aliphatic hydroxyl groups is 1. The molecule has 94 valence electrons. The number of carbonyl (C=O) groups is 1. The van der Waals surface area contributed by atoms with Gasteiger partial charge in [0, 0.05) is 7.11 Å². The Hall–Kier alpha value is -0.810. The number of methoxy groups -OCH3 is 1. The first-order valence-electron chi connectivity index (χ1n) is 5.39. The molecular formula is C11H21NO4. The van der Waals surface area contributed by atoms with Gasteiger partial charge in [0.2, 0.25) is 0 Å². The Bertz CT molecular complexity index is 270. The largest absolute Gasteiger partial charge is 0.444 e. The molecule has 0 aromatic carbocycles. The number of ether oxygens (including phenoxy) is 2. The Morgan fingerprint density at radius 2 is 2.06 bits per heavy atom. The fourth-order valence-corrected chi connectivity index (χ4v) is 1.74. The summed E-state index contributed by atoms with van der Waals surface area (Å²) in [6, 6.07) is 0. The van der Waals surface area contributed by atoms with E-state index in [0.717, 1.165) is 0 Å². The van der Waals surface area contributed by atoms with E-state index in [2.05, 4.69) is 0 Å². The minimum absolute atomic E-state index is 0.237. The Kier molecular flexibility index (Phi) is 3.50. The number of carbonyl (C=O) groups excluding carboxylic acids is 1. The summed E-state index contributed by atoms with van der Waals surface area (Å²) in [4.78, 5) is 13.2. The topological polar surface area (TPSA) is 59.0 Å². The second kappa shape index (κ2) is 4.22. The highest BCUT2D eigenvalue weighted by molar-refractivity contribution is 5.68. The maximum atomic E-state index is 11.7. The van der Waals surface area contributed by atoms with Crippen LogP contribution in [-0.2, 0) is 9.47 Å². The molecule has 0 spiro atoms. The third kappa shape index (κ3) is 3.09. The molecule has 0 aromatic rings. The van der Waals surface area contributed by atoms with Crippen molar-refractivity contribution in [1.29, 1.82) is 0 Å². The Labute approximate surface area is 96.3 Å². The van der Waals surface area contributed by atoms with Crippen molar-refractivity contribution in [1.82, 2.24) is 4.90 Å². The molecule has 0 radical (unpaired) electrons. The van der Waals surface area contributed by atoms with Gasteiger partial charge < -0.3 is 19.5 Å². The van der Waals surface area contributed by atoms with E-state index in [0.29, 0.717) is 6.54 Å². The number of likely N-dealkylation sites (tertiary alicyclic amines) is 1. The van der Waals surface area contributed by atoms with E-state index in [4.69, 9.17) is 9.47 Å². The summed E-state index contributed by atoms with van der Waals surface area (Å²) in [5, 5.41) is 10.00. The van der Waals surface area contributed by atoms with Crippen molar-refractivity contribution in [2.45, 2.75) is 45.0 Å². The van der Waals surface area contributed by atoms with Gasteiger partial charge in [-0.15, -0.1) is 0 Å². The van der Waals surface area contributed by atoms with Crippen LogP contribution in [0.5, 0.6) is 0 Å². The maximum absolute atomic E-state index is 11.7. The summed E-state index contributed by atoms with van der Waals surface area (Å²) >= 11 is 0. The average Bonchev–Trinajstić information content (AvgIpc) is 2.37. The SMILES string of the molecule is COC1CN(C(=O)OC(C)(C)C)CC1(C)O. The smallest absolute Gasteiger partial charge is 0.410 e. The van der Waals surface area contributed by atoms with Crippen LogP contribution >= 0.6 is 0 Å². The van der Waals surface area contributed by atoms with Gasteiger partial charge in [-0.3, -0.25) is 0 Å². The van der Waals surface area contributed by atoms with E-state index in [9.17, 15) is 9.90 Å². The monoisotopic (exact) mass is 231 g/mol. The molecule has 0 saturated carbocycles. The van der Waals surface area contributed by atoms with Crippen LogP contribution in [0, 0.1) is 0 Å². The molecule has 1 amide bonds. The first-order valence-corrected chi connectivity index (χ1v) is 5.39. The highest BCUT2D eigenvalue weighted by Gasteiger charge is 2.44. The standard InChI is InChI=1S/C11H21NO4/c1-10(2,3)16-9(13)12-6-8(15-5)11(4,14)7-12/h8,14H,6-7H2,1-5H3. The van der Waals surface area contributed by atoms with Gasteiger partial charge in [-0.2, -0.15) is 0 Å². The summed E-state index contributed by atoms with van der Waals surface area (Å²) in [6.07, 6.45) is -0.771. The van der Waals surface area contributed by atoms with Crippen LogP contribution in [0.15, 0.2) is 0 Å². The molecule has 1 aliphatic heterocycles. The van der Waals surface area contributed by atoms with Crippen molar-refractivity contribution >= 4 is 6.09 Å². The molecular weight excluding hydrogens is 210 g/mol. The van der Waals surface area contributed by atoms with Crippen LogP contribution < -0.4 is 0 Å². The van der Waals surface area contributed by atoms with E-state index >= 15 is 0 Å². The molecule has 0 aliphatic carbocycles. The van der Waals surface area contributed by atoms with E-state index < -0.39 is 17.3 Å². The highest BCUT2D eigenvalue weighted by Crippen LogP contribution is 2.25. The lowest BCUT2D eigenvalue weighted by Gasteiger charge is -2.24. The second-order valence-electron chi connectivity index (χ2n) is 5.44. The van der Waals surface area contributed by atoms with Crippen LogP contribution in [0.3, 0.4) is 0 Å². The van der Waals surface area contributed by atoms with Gasteiger partial charge in [0.1, 0.15) is 17.3 Å². The minimum Gasteiger partial charge on any atom is -0.444 e. The third-order valence-corrected chi connectivity index (χ3v) is 2.53. The number of hydrogen-bond acceptors (Lipinski definition) is 4. The average molecular weight is 231 g/mol. The zero-order valence-electron chi connectivity index (χ0n) is 10.6. The number of hydrogen-bond donors (Lipinski definition) is 1. The van der Waals surface area contributed by atoms with Gasteiger partial charge in [-0.05, 0) is 27.7 Å². The van der Waals surface area contributed by atoms with Gasteiger partial charge in [0.15, 0.2) is 0 Å². The normalized spacial score (nSPS) is 30.6. The van der Waals surface area contributed by atoms with Crippen molar-refractivity contribution < 1.29 is 19.4 Å². The van der Waals surface area contributed by atoms with Crippen LogP contribution in [0.1, 0.15) is 27.7 Å². The minimum atomic E-state index is -1.01. The van der Waals surface area contributed by atoms with Crippen molar-refractivity contribution in [2.75, 3.05) is 20.2 Å². The second-order valence-corrected chi connectivity index (χ2v) is 5.44. The zero-order chi connectivity index (χ0) is 12.6. The predicted molar refractivity (Wildman–Crippen MR) is 59.2 cm³/mol. The van der Waals surface area contributed by atoms with E-state index in [1.54, 1.807) is 6.92 Å². The molecule has 5 heteroatoms. The molecule has 1 aliphatic rings. The molecule has 16 heavy (non-hydrogen) atoms. The van der Waals surface area contributed by atoms with Gasteiger partial charge in [0.25, 0.3) is 0 Å². The molecule has 0 bridgehead atoms. The van der Waals surface area contributed by atoms with Crippen molar-refractivity contribution in [3.05, 3.63) is 0 Å². The Morgan fingerprint density at radius 1 is 1.50 bits per heavy atom. The summed E-state index contributed by atoms with van der Waals surface area (Å²) < 4.78 is 10.4. The molecule has 1 heterocycles. The molecule has 2 atom stereocenters. The Balaban J connectivity index is 2.62. The van der Waals surface area contributed by atoms with Gasteiger partial charge >= 0.3 is 6.09 Å². The molecule has 1 fully saturated rings.